The minimum absolute atomic E-state index is 0.122. The summed E-state index contributed by atoms with van der Waals surface area (Å²) in [7, 11) is 0. The predicted octanol–water partition coefficient (Wildman–Crippen LogP) is 3.74. The highest BCUT2D eigenvalue weighted by molar-refractivity contribution is 5.94. The van der Waals surface area contributed by atoms with Crippen molar-refractivity contribution in [2.24, 2.45) is 5.92 Å². The second kappa shape index (κ2) is 8.57. The van der Waals surface area contributed by atoms with Crippen LogP contribution < -0.4 is 5.56 Å². The SMILES string of the molecule is O=C(c1ccc(F)cc1F)N1CCC(Cn2nc(-c3ccccc3)ccc2=O)CC1. The maximum absolute atomic E-state index is 13.9. The topological polar surface area (TPSA) is 55.2 Å². The van der Waals surface area contributed by atoms with Crippen molar-refractivity contribution in [3.63, 3.8) is 0 Å². The highest BCUT2D eigenvalue weighted by Gasteiger charge is 2.26. The molecule has 4 rings (SSSR count). The normalized spacial score (nSPS) is 14.7. The molecular formula is C23H21F2N3O2. The van der Waals surface area contributed by atoms with Crippen LogP contribution in [-0.2, 0) is 6.54 Å². The van der Waals surface area contributed by atoms with E-state index in [9.17, 15) is 18.4 Å². The van der Waals surface area contributed by atoms with Gasteiger partial charge in [0.25, 0.3) is 11.5 Å². The summed E-state index contributed by atoms with van der Waals surface area (Å²) in [6.07, 6.45) is 1.36. The first-order chi connectivity index (χ1) is 14.5. The zero-order valence-electron chi connectivity index (χ0n) is 16.3. The van der Waals surface area contributed by atoms with E-state index >= 15 is 0 Å². The molecule has 1 saturated heterocycles. The lowest BCUT2D eigenvalue weighted by Gasteiger charge is -2.32. The monoisotopic (exact) mass is 409 g/mol. The smallest absolute Gasteiger partial charge is 0.266 e. The van der Waals surface area contributed by atoms with Crippen molar-refractivity contribution in [3.05, 3.63) is 88.2 Å². The fourth-order valence-corrected chi connectivity index (χ4v) is 3.74. The van der Waals surface area contributed by atoms with E-state index in [0.29, 0.717) is 32.5 Å². The van der Waals surface area contributed by atoms with Crippen molar-refractivity contribution in [2.45, 2.75) is 19.4 Å². The fourth-order valence-electron chi connectivity index (χ4n) is 3.74. The molecule has 5 nitrogen and oxygen atoms in total. The van der Waals surface area contributed by atoms with E-state index in [1.165, 1.54) is 16.8 Å². The van der Waals surface area contributed by atoms with Gasteiger partial charge in [0.05, 0.1) is 11.3 Å². The molecule has 1 aliphatic heterocycles. The largest absolute Gasteiger partial charge is 0.339 e. The van der Waals surface area contributed by atoms with Crippen LogP contribution in [-0.4, -0.2) is 33.7 Å². The van der Waals surface area contributed by atoms with Gasteiger partial charge in [-0.1, -0.05) is 30.3 Å². The summed E-state index contributed by atoms with van der Waals surface area (Å²) in [4.78, 5) is 26.4. The number of nitrogens with zero attached hydrogens (tertiary/aromatic N) is 3. The Morgan fingerprint density at radius 3 is 2.43 bits per heavy atom. The summed E-state index contributed by atoms with van der Waals surface area (Å²) in [5.41, 5.74) is 1.38. The molecule has 0 radical (unpaired) electrons. The summed E-state index contributed by atoms with van der Waals surface area (Å²) < 4.78 is 28.5. The number of benzene rings is 2. The number of amides is 1. The highest BCUT2D eigenvalue weighted by atomic mass is 19.1. The fraction of sp³-hybridized carbons (Fsp3) is 0.261. The zero-order valence-corrected chi connectivity index (χ0v) is 16.3. The summed E-state index contributed by atoms with van der Waals surface area (Å²) >= 11 is 0. The van der Waals surface area contributed by atoms with Crippen molar-refractivity contribution in [1.82, 2.24) is 14.7 Å². The van der Waals surface area contributed by atoms with Gasteiger partial charge >= 0.3 is 0 Å². The van der Waals surface area contributed by atoms with Crippen LogP contribution in [0.15, 0.2) is 65.5 Å². The Balaban J connectivity index is 1.41. The molecule has 30 heavy (non-hydrogen) atoms. The Labute approximate surface area is 172 Å². The lowest BCUT2D eigenvalue weighted by molar-refractivity contribution is 0.0675. The first-order valence-corrected chi connectivity index (χ1v) is 9.89. The molecule has 1 aromatic heterocycles. The maximum Gasteiger partial charge on any atom is 0.266 e. The third kappa shape index (κ3) is 4.30. The lowest BCUT2D eigenvalue weighted by atomic mass is 9.96. The zero-order chi connectivity index (χ0) is 21.1. The number of carbonyl (C=O) groups is 1. The van der Waals surface area contributed by atoms with Gasteiger partial charge < -0.3 is 4.90 Å². The van der Waals surface area contributed by atoms with Crippen LogP contribution in [0.5, 0.6) is 0 Å². The van der Waals surface area contributed by atoms with E-state index in [1.54, 1.807) is 11.0 Å². The molecule has 0 spiro atoms. The number of likely N-dealkylation sites (tertiary alicyclic amines) is 1. The van der Waals surface area contributed by atoms with Gasteiger partial charge in [0, 0.05) is 37.3 Å². The standard InChI is InChI=1S/C23H21F2N3O2/c24-18-6-7-19(20(25)14-18)23(30)27-12-10-16(11-13-27)15-28-22(29)9-8-21(26-28)17-4-2-1-3-5-17/h1-9,14,16H,10-13,15H2. The average Bonchev–Trinajstić information content (AvgIpc) is 2.76. The molecular weight excluding hydrogens is 388 g/mol. The van der Waals surface area contributed by atoms with Crippen molar-refractivity contribution in [1.29, 1.82) is 0 Å². The number of hydrogen-bond acceptors (Lipinski definition) is 3. The second-order valence-corrected chi connectivity index (χ2v) is 7.46. The van der Waals surface area contributed by atoms with Crippen molar-refractivity contribution in [3.8, 4) is 11.3 Å². The average molecular weight is 409 g/mol. The van der Waals surface area contributed by atoms with E-state index in [-0.39, 0.29) is 17.0 Å². The third-order valence-corrected chi connectivity index (χ3v) is 5.43. The number of aromatic nitrogens is 2. The lowest BCUT2D eigenvalue weighted by Crippen LogP contribution is -2.40. The van der Waals surface area contributed by atoms with Gasteiger partial charge in [-0.25, -0.2) is 13.5 Å². The third-order valence-electron chi connectivity index (χ3n) is 5.43. The molecule has 154 valence electrons. The molecule has 2 aromatic carbocycles. The molecule has 0 bridgehead atoms. The molecule has 3 aromatic rings. The molecule has 1 fully saturated rings. The Morgan fingerprint density at radius 2 is 1.73 bits per heavy atom. The van der Waals surface area contributed by atoms with E-state index in [4.69, 9.17) is 0 Å². The Kier molecular flexibility index (Phi) is 5.70. The molecule has 0 aliphatic carbocycles. The van der Waals surface area contributed by atoms with Gasteiger partial charge in [-0.2, -0.15) is 5.10 Å². The van der Waals surface area contributed by atoms with E-state index in [2.05, 4.69) is 5.10 Å². The van der Waals surface area contributed by atoms with Crippen LogP contribution in [0.25, 0.3) is 11.3 Å². The van der Waals surface area contributed by atoms with Crippen molar-refractivity contribution in [2.75, 3.05) is 13.1 Å². The first-order valence-electron chi connectivity index (χ1n) is 9.89. The Bertz CT molecular complexity index is 1110. The molecule has 0 atom stereocenters. The first kappa shape index (κ1) is 19.9. The van der Waals surface area contributed by atoms with Gasteiger partial charge in [-0.15, -0.1) is 0 Å². The molecule has 0 saturated carbocycles. The van der Waals surface area contributed by atoms with Gasteiger partial charge in [-0.05, 0) is 37.0 Å². The molecule has 1 amide bonds. The maximum atomic E-state index is 13.9. The van der Waals surface area contributed by atoms with Gasteiger partial charge in [-0.3, -0.25) is 9.59 Å². The number of carbonyl (C=O) groups excluding carboxylic acids is 1. The predicted molar refractivity (Wildman–Crippen MR) is 109 cm³/mol. The molecule has 0 unspecified atom stereocenters. The summed E-state index contributed by atoms with van der Waals surface area (Å²) in [6.45, 7) is 1.37. The Hall–Kier alpha value is -3.35. The number of halogens is 2. The van der Waals surface area contributed by atoms with Crippen LogP contribution in [0.1, 0.15) is 23.2 Å². The molecule has 1 aliphatic rings. The van der Waals surface area contributed by atoms with Crippen LogP contribution in [0.3, 0.4) is 0 Å². The van der Waals surface area contributed by atoms with Crippen molar-refractivity contribution < 1.29 is 13.6 Å². The molecule has 2 heterocycles. The van der Waals surface area contributed by atoms with Gasteiger partial charge in [0.15, 0.2) is 0 Å². The minimum atomic E-state index is -0.851. The molecule has 7 heteroatoms. The Morgan fingerprint density at radius 1 is 1.00 bits per heavy atom. The van der Waals surface area contributed by atoms with Gasteiger partial charge in [0.2, 0.25) is 0 Å². The van der Waals surface area contributed by atoms with Crippen LogP contribution in [0, 0.1) is 17.6 Å². The number of piperidine rings is 1. The second-order valence-electron chi connectivity index (χ2n) is 7.46. The highest BCUT2D eigenvalue weighted by Crippen LogP contribution is 2.22. The number of hydrogen-bond donors (Lipinski definition) is 0. The van der Waals surface area contributed by atoms with Crippen LogP contribution in [0.4, 0.5) is 8.78 Å². The minimum Gasteiger partial charge on any atom is -0.339 e. The van der Waals surface area contributed by atoms with Crippen molar-refractivity contribution >= 4 is 5.91 Å². The summed E-state index contributed by atoms with van der Waals surface area (Å²) in [5, 5.41) is 4.50. The van der Waals surface area contributed by atoms with Gasteiger partial charge in [0.1, 0.15) is 11.6 Å². The van der Waals surface area contributed by atoms with Crippen LogP contribution in [0.2, 0.25) is 0 Å². The summed E-state index contributed by atoms with van der Waals surface area (Å²) in [5.74, 6) is -1.82. The quantitative estimate of drug-likeness (QED) is 0.660. The van der Waals surface area contributed by atoms with E-state index in [1.807, 2.05) is 30.3 Å². The van der Waals surface area contributed by atoms with E-state index < -0.39 is 17.5 Å². The van der Waals surface area contributed by atoms with Crippen LogP contribution >= 0.6 is 0 Å². The summed E-state index contributed by atoms with van der Waals surface area (Å²) in [6, 6.07) is 15.9. The number of rotatable bonds is 4. The molecule has 0 N–H and O–H groups in total. The van der Waals surface area contributed by atoms with E-state index in [0.717, 1.165) is 23.4 Å².